The summed E-state index contributed by atoms with van der Waals surface area (Å²) in [6.45, 7) is 4.27. The first-order valence-electron chi connectivity index (χ1n) is 9.52. The summed E-state index contributed by atoms with van der Waals surface area (Å²) in [5.74, 6) is 0.446. The van der Waals surface area contributed by atoms with E-state index in [0.717, 1.165) is 31.6 Å². The second-order valence-electron chi connectivity index (χ2n) is 6.88. The Bertz CT molecular complexity index is 798. The highest BCUT2D eigenvalue weighted by Gasteiger charge is 2.23. The highest BCUT2D eigenvalue weighted by molar-refractivity contribution is 5.74. The van der Waals surface area contributed by atoms with E-state index in [9.17, 15) is 9.59 Å². The number of carbonyl (C=O) groups is 1. The van der Waals surface area contributed by atoms with Gasteiger partial charge in [-0.1, -0.05) is 36.4 Å². The topological polar surface area (TPSA) is 72.4 Å². The number of nitrogens with zero attached hydrogens (tertiary/aromatic N) is 1. The molecule has 1 aliphatic heterocycles. The van der Waals surface area contributed by atoms with Crippen LogP contribution in [0.5, 0.6) is 0 Å². The molecule has 2 N–H and O–H groups in total. The molecule has 1 aliphatic rings. The summed E-state index contributed by atoms with van der Waals surface area (Å²) >= 11 is 0. The van der Waals surface area contributed by atoms with Gasteiger partial charge in [0.05, 0.1) is 6.04 Å². The number of ether oxygens (including phenoxy) is 1. The fraction of sp³-hybridized carbons (Fsp3) is 0.429. The number of aromatic nitrogens is 1. The third-order valence-corrected chi connectivity index (χ3v) is 4.98. The van der Waals surface area contributed by atoms with Gasteiger partial charge in [-0.05, 0) is 37.3 Å². The van der Waals surface area contributed by atoms with Gasteiger partial charge in [0, 0.05) is 38.1 Å². The van der Waals surface area contributed by atoms with Crippen LogP contribution in [0.2, 0.25) is 0 Å². The Morgan fingerprint density at radius 1 is 1.26 bits per heavy atom. The quantitative estimate of drug-likeness (QED) is 0.788. The predicted octanol–water partition coefficient (Wildman–Crippen LogP) is 2.84. The molecule has 3 rings (SSSR count). The van der Waals surface area contributed by atoms with Crippen molar-refractivity contribution in [3.05, 3.63) is 70.1 Å². The highest BCUT2D eigenvalue weighted by atomic mass is 16.5. The zero-order valence-electron chi connectivity index (χ0n) is 15.7. The molecule has 2 aromatic rings. The number of aryl methyl sites for hydroxylation is 1. The van der Waals surface area contributed by atoms with Crippen molar-refractivity contribution in [2.45, 2.75) is 38.9 Å². The molecule has 2 amide bonds. The first-order valence-corrected chi connectivity index (χ1v) is 9.52. The lowest BCUT2D eigenvalue weighted by atomic mass is 9.94. The Labute approximate surface area is 159 Å². The van der Waals surface area contributed by atoms with Gasteiger partial charge < -0.3 is 19.9 Å². The van der Waals surface area contributed by atoms with Crippen LogP contribution in [0, 0.1) is 5.92 Å². The highest BCUT2D eigenvalue weighted by Crippen LogP contribution is 2.26. The first-order chi connectivity index (χ1) is 13.2. The van der Waals surface area contributed by atoms with E-state index in [4.69, 9.17) is 4.74 Å². The van der Waals surface area contributed by atoms with Crippen molar-refractivity contribution in [3.8, 4) is 0 Å². The lowest BCUT2D eigenvalue weighted by Gasteiger charge is -2.22. The number of carbonyl (C=O) groups excluding carboxylic acids is 1. The van der Waals surface area contributed by atoms with Crippen LogP contribution in [0.3, 0.4) is 0 Å². The maximum absolute atomic E-state index is 12.5. The summed E-state index contributed by atoms with van der Waals surface area (Å²) in [5.41, 5.74) is 1.59. The lowest BCUT2D eigenvalue weighted by Crippen LogP contribution is -2.39. The predicted molar refractivity (Wildman–Crippen MR) is 104 cm³/mol. The van der Waals surface area contributed by atoms with E-state index in [1.165, 1.54) is 0 Å². The molecule has 6 heteroatoms. The minimum atomic E-state index is -0.269. The van der Waals surface area contributed by atoms with E-state index >= 15 is 0 Å². The van der Waals surface area contributed by atoms with Gasteiger partial charge in [-0.3, -0.25) is 4.79 Å². The van der Waals surface area contributed by atoms with E-state index in [1.54, 1.807) is 16.8 Å². The summed E-state index contributed by atoms with van der Waals surface area (Å²) < 4.78 is 7.10. The summed E-state index contributed by atoms with van der Waals surface area (Å²) in [5, 5.41) is 5.89. The average molecular weight is 369 g/mol. The number of nitrogens with one attached hydrogen (secondary N) is 2. The second kappa shape index (κ2) is 9.37. The Kier molecular flexibility index (Phi) is 6.65. The maximum atomic E-state index is 12.5. The minimum Gasteiger partial charge on any atom is -0.381 e. The molecule has 1 saturated heterocycles. The molecule has 1 fully saturated rings. The van der Waals surface area contributed by atoms with Crippen LogP contribution in [0.1, 0.15) is 36.9 Å². The molecule has 1 aromatic carbocycles. The fourth-order valence-electron chi connectivity index (χ4n) is 3.42. The molecule has 0 radical (unpaired) electrons. The molecular weight excluding hydrogens is 342 g/mol. The van der Waals surface area contributed by atoms with Gasteiger partial charge in [-0.25, -0.2) is 4.79 Å². The largest absolute Gasteiger partial charge is 0.381 e. The number of hydrogen-bond acceptors (Lipinski definition) is 3. The SMILES string of the molecule is CCn1cccc(CNC(=O)NC(CC2CCOC2)c2ccccc2)c1=O. The van der Waals surface area contributed by atoms with Gasteiger partial charge in [0.2, 0.25) is 0 Å². The van der Waals surface area contributed by atoms with Gasteiger partial charge in [0.15, 0.2) is 0 Å². The van der Waals surface area contributed by atoms with E-state index in [-0.39, 0.29) is 24.2 Å². The summed E-state index contributed by atoms with van der Waals surface area (Å²) in [6.07, 6.45) is 3.61. The molecule has 6 nitrogen and oxygen atoms in total. The molecule has 0 saturated carbocycles. The smallest absolute Gasteiger partial charge is 0.315 e. The Balaban J connectivity index is 1.63. The van der Waals surface area contributed by atoms with Crippen LogP contribution in [-0.4, -0.2) is 23.8 Å². The van der Waals surface area contributed by atoms with Gasteiger partial charge in [-0.15, -0.1) is 0 Å². The molecule has 27 heavy (non-hydrogen) atoms. The van der Waals surface area contributed by atoms with Crippen molar-refractivity contribution in [3.63, 3.8) is 0 Å². The molecule has 144 valence electrons. The third-order valence-electron chi connectivity index (χ3n) is 4.98. The Morgan fingerprint density at radius 3 is 2.78 bits per heavy atom. The summed E-state index contributed by atoms with van der Waals surface area (Å²) in [4.78, 5) is 24.7. The Hall–Kier alpha value is -2.60. The zero-order valence-corrected chi connectivity index (χ0v) is 15.7. The lowest BCUT2D eigenvalue weighted by molar-refractivity contribution is 0.181. The van der Waals surface area contributed by atoms with E-state index in [0.29, 0.717) is 18.0 Å². The summed E-state index contributed by atoms with van der Waals surface area (Å²) in [6, 6.07) is 13.2. The van der Waals surface area contributed by atoms with Crippen molar-refractivity contribution in [1.82, 2.24) is 15.2 Å². The Morgan fingerprint density at radius 2 is 2.07 bits per heavy atom. The van der Waals surface area contributed by atoms with E-state index in [2.05, 4.69) is 10.6 Å². The van der Waals surface area contributed by atoms with Gasteiger partial charge >= 0.3 is 6.03 Å². The van der Waals surface area contributed by atoms with Crippen LogP contribution in [0.4, 0.5) is 4.79 Å². The number of amides is 2. The van der Waals surface area contributed by atoms with Crippen molar-refractivity contribution < 1.29 is 9.53 Å². The van der Waals surface area contributed by atoms with Crippen molar-refractivity contribution >= 4 is 6.03 Å². The van der Waals surface area contributed by atoms with Gasteiger partial charge in [-0.2, -0.15) is 0 Å². The third kappa shape index (κ3) is 5.20. The van der Waals surface area contributed by atoms with E-state index in [1.807, 2.05) is 43.3 Å². The summed E-state index contributed by atoms with van der Waals surface area (Å²) in [7, 11) is 0. The molecule has 0 bridgehead atoms. The first kappa shape index (κ1) is 19.2. The number of rotatable bonds is 7. The second-order valence-corrected chi connectivity index (χ2v) is 6.88. The molecular formula is C21H27N3O3. The maximum Gasteiger partial charge on any atom is 0.315 e. The van der Waals surface area contributed by atoms with Crippen molar-refractivity contribution in [2.24, 2.45) is 5.92 Å². The van der Waals surface area contributed by atoms with E-state index < -0.39 is 0 Å². The van der Waals surface area contributed by atoms with Crippen LogP contribution < -0.4 is 16.2 Å². The minimum absolute atomic E-state index is 0.0667. The number of urea groups is 1. The number of benzene rings is 1. The van der Waals surface area contributed by atoms with Crippen LogP contribution >= 0.6 is 0 Å². The van der Waals surface area contributed by atoms with Crippen LogP contribution in [-0.2, 0) is 17.8 Å². The zero-order chi connectivity index (χ0) is 19.1. The molecule has 0 spiro atoms. The molecule has 2 unspecified atom stereocenters. The normalized spacial score (nSPS) is 17.4. The average Bonchev–Trinajstić information content (AvgIpc) is 3.20. The van der Waals surface area contributed by atoms with Gasteiger partial charge in [0.25, 0.3) is 5.56 Å². The number of hydrogen-bond donors (Lipinski definition) is 2. The monoisotopic (exact) mass is 369 g/mol. The van der Waals surface area contributed by atoms with Crippen LogP contribution in [0.15, 0.2) is 53.5 Å². The molecule has 1 aromatic heterocycles. The molecule has 0 aliphatic carbocycles. The van der Waals surface area contributed by atoms with Gasteiger partial charge in [0.1, 0.15) is 0 Å². The number of pyridine rings is 1. The van der Waals surface area contributed by atoms with Crippen molar-refractivity contribution in [1.29, 1.82) is 0 Å². The molecule has 2 heterocycles. The standard InChI is InChI=1S/C21H27N3O3/c1-2-24-11-6-9-18(20(24)25)14-22-21(26)23-19(13-16-10-12-27-15-16)17-7-4-3-5-8-17/h3-9,11,16,19H,2,10,12-15H2,1H3,(H2,22,23,26). The van der Waals surface area contributed by atoms with Crippen molar-refractivity contribution in [2.75, 3.05) is 13.2 Å². The molecule has 2 atom stereocenters. The fourth-order valence-corrected chi connectivity index (χ4v) is 3.42. The van der Waals surface area contributed by atoms with Crippen LogP contribution in [0.25, 0.3) is 0 Å².